The van der Waals surface area contributed by atoms with Gasteiger partial charge >= 0.3 is 0 Å². The zero-order valence-corrected chi connectivity index (χ0v) is 10.9. The number of rotatable bonds is 2. The van der Waals surface area contributed by atoms with E-state index in [0.29, 0.717) is 10.6 Å². The molecule has 3 aromatic rings. The van der Waals surface area contributed by atoms with Crippen LogP contribution < -0.4 is 5.32 Å². The van der Waals surface area contributed by atoms with Crippen molar-refractivity contribution < 1.29 is 13.6 Å². The Morgan fingerprint density at radius 1 is 1.15 bits per heavy atom. The van der Waals surface area contributed by atoms with Gasteiger partial charge in [0, 0.05) is 10.4 Å². The lowest BCUT2D eigenvalue weighted by Gasteiger charge is -2.03. The average molecular weight is 290 g/mol. The van der Waals surface area contributed by atoms with E-state index in [1.165, 1.54) is 12.1 Å². The summed E-state index contributed by atoms with van der Waals surface area (Å²) in [6, 6.07) is 12.5. The van der Waals surface area contributed by atoms with Crippen molar-refractivity contribution in [3.8, 4) is 0 Å². The third kappa shape index (κ3) is 2.38. The van der Waals surface area contributed by atoms with E-state index >= 15 is 0 Å². The topological polar surface area (TPSA) is 42.2 Å². The van der Waals surface area contributed by atoms with Gasteiger partial charge in [-0.15, -0.1) is 0 Å². The number of hydrogen-bond acceptors (Lipinski definition) is 2. The number of benzene rings is 2. The van der Waals surface area contributed by atoms with Gasteiger partial charge in [-0.05, 0) is 36.4 Å². The highest BCUT2D eigenvalue weighted by molar-refractivity contribution is 6.31. The molecule has 100 valence electrons. The molecular formula is C15H9ClFNO2. The van der Waals surface area contributed by atoms with E-state index in [0.717, 1.165) is 5.39 Å². The maximum absolute atomic E-state index is 13.5. The first kappa shape index (κ1) is 12.7. The van der Waals surface area contributed by atoms with Crippen LogP contribution in [0.15, 0.2) is 52.9 Å². The van der Waals surface area contributed by atoms with Crippen LogP contribution in [0.1, 0.15) is 10.6 Å². The summed E-state index contributed by atoms with van der Waals surface area (Å²) in [4.78, 5) is 12.0. The number of carbonyl (C=O) groups excluding carboxylic acids is 1. The molecule has 2 aromatic carbocycles. The molecule has 0 aliphatic carbocycles. The molecule has 1 N–H and O–H groups in total. The molecule has 0 aliphatic rings. The van der Waals surface area contributed by atoms with Crippen molar-refractivity contribution in [3.63, 3.8) is 0 Å². The standard InChI is InChI=1S/C15H9ClFNO2/c16-10-5-6-13-9(7-10)8-14(20-13)15(19)18-12-4-2-1-3-11(12)17/h1-8H,(H,18,19). The van der Waals surface area contributed by atoms with Crippen LogP contribution in [-0.4, -0.2) is 5.91 Å². The van der Waals surface area contributed by atoms with Gasteiger partial charge in [0.15, 0.2) is 5.76 Å². The first-order chi connectivity index (χ1) is 9.63. The molecule has 20 heavy (non-hydrogen) atoms. The number of amides is 1. The maximum atomic E-state index is 13.5. The molecule has 0 atom stereocenters. The Morgan fingerprint density at radius 2 is 1.95 bits per heavy atom. The number of para-hydroxylation sites is 1. The van der Waals surface area contributed by atoms with Gasteiger partial charge in [0.25, 0.3) is 5.91 Å². The molecule has 0 fully saturated rings. The molecule has 3 nitrogen and oxygen atoms in total. The van der Waals surface area contributed by atoms with E-state index in [1.807, 2.05) is 0 Å². The molecule has 0 saturated carbocycles. The third-order valence-corrected chi connectivity index (χ3v) is 3.06. The predicted octanol–water partition coefficient (Wildman–Crippen LogP) is 4.48. The van der Waals surface area contributed by atoms with E-state index in [-0.39, 0.29) is 11.4 Å². The number of fused-ring (bicyclic) bond motifs is 1. The lowest BCUT2D eigenvalue weighted by molar-refractivity contribution is 0.0998. The van der Waals surface area contributed by atoms with Crippen molar-refractivity contribution in [1.29, 1.82) is 0 Å². The predicted molar refractivity (Wildman–Crippen MR) is 75.6 cm³/mol. The highest BCUT2D eigenvalue weighted by atomic mass is 35.5. The second-order valence-corrected chi connectivity index (χ2v) is 4.66. The molecule has 0 aliphatic heterocycles. The van der Waals surface area contributed by atoms with Crippen molar-refractivity contribution in [3.05, 3.63) is 65.1 Å². The summed E-state index contributed by atoms with van der Waals surface area (Å²) < 4.78 is 18.9. The van der Waals surface area contributed by atoms with Crippen LogP contribution >= 0.6 is 11.6 Å². The molecule has 0 spiro atoms. The van der Waals surface area contributed by atoms with Gasteiger partial charge < -0.3 is 9.73 Å². The Balaban J connectivity index is 1.91. The maximum Gasteiger partial charge on any atom is 0.291 e. The summed E-state index contributed by atoms with van der Waals surface area (Å²) in [6.45, 7) is 0. The number of furan rings is 1. The quantitative estimate of drug-likeness (QED) is 0.756. The van der Waals surface area contributed by atoms with Crippen molar-refractivity contribution >= 4 is 34.2 Å². The number of nitrogens with one attached hydrogen (secondary N) is 1. The van der Waals surface area contributed by atoms with Crippen LogP contribution in [0.5, 0.6) is 0 Å². The fourth-order valence-electron chi connectivity index (χ4n) is 1.87. The molecule has 5 heteroatoms. The van der Waals surface area contributed by atoms with E-state index < -0.39 is 11.7 Å². The Kier molecular flexibility index (Phi) is 3.16. The van der Waals surface area contributed by atoms with Crippen molar-refractivity contribution in [2.24, 2.45) is 0 Å². The summed E-state index contributed by atoms with van der Waals surface area (Å²) in [5.74, 6) is -0.909. The fourth-order valence-corrected chi connectivity index (χ4v) is 2.05. The third-order valence-electron chi connectivity index (χ3n) is 2.82. The van der Waals surface area contributed by atoms with E-state index in [4.69, 9.17) is 16.0 Å². The van der Waals surface area contributed by atoms with Crippen molar-refractivity contribution in [2.45, 2.75) is 0 Å². The van der Waals surface area contributed by atoms with Crippen LogP contribution in [0.25, 0.3) is 11.0 Å². The lowest BCUT2D eigenvalue weighted by Crippen LogP contribution is -2.11. The Hall–Kier alpha value is -2.33. The number of halogens is 2. The summed E-state index contributed by atoms with van der Waals surface area (Å²) in [6.07, 6.45) is 0. The summed E-state index contributed by atoms with van der Waals surface area (Å²) >= 11 is 5.87. The number of carbonyl (C=O) groups is 1. The van der Waals surface area contributed by atoms with Gasteiger partial charge in [-0.3, -0.25) is 4.79 Å². The molecule has 0 unspecified atom stereocenters. The fraction of sp³-hybridized carbons (Fsp3) is 0. The van der Waals surface area contributed by atoms with Gasteiger partial charge in [0.1, 0.15) is 11.4 Å². The number of hydrogen-bond donors (Lipinski definition) is 1. The molecule has 0 saturated heterocycles. The van der Waals surface area contributed by atoms with Crippen LogP contribution in [-0.2, 0) is 0 Å². The van der Waals surface area contributed by atoms with Crippen molar-refractivity contribution in [2.75, 3.05) is 5.32 Å². The molecule has 3 rings (SSSR count). The van der Waals surface area contributed by atoms with Crippen LogP contribution in [0.2, 0.25) is 5.02 Å². The first-order valence-corrected chi connectivity index (χ1v) is 6.26. The Morgan fingerprint density at radius 3 is 2.75 bits per heavy atom. The summed E-state index contributed by atoms with van der Waals surface area (Å²) in [7, 11) is 0. The molecule has 0 bridgehead atoms. The van der Waals surface area contributed by atoms with Crippen LogP contribution in [0.4, 0.5) is 10.1 Å². The van der Waals surface area contributed by atoms with Gasteiger partial charge in [0.05, 0.1) is 5.69 Å². The Labute approximate surface area is 119 Å². The smallest absolute Gasteiger partial charge is 0.291 e. The van der Waals surface area contributed by atoms with E-state index in [1.54, 1.807) is 36.4 Å². The van der Waals surface area contributed by atoms with Gasteiger partial charge in [-0.2, -0.15) is 0 Å². The van der Waals surface area contributed by atoms with E-state index in [9.17, 15) is 9.18 Å². The highest BCUT2D eigenvalue weighted by Crippen LogP contribution is 2.24. The Bertz CT molecular complexity index is 797. The normalized spacial score (nSPS) is 10.7. The minimum Gasteiger partial charge on any atom is -0.451 e. The zero-order chi connectivity index (χ0) is 14.1. The molecular weight excluding hydrogens is 281 g/mol. The molecule has 1 heterocycles. The van der Waals surface area contributed by atoms with Crippen molar-refractivity contribution in [1.82, 2.24) is 0 Å². The summed E-state index contributed by atoms with van der Waals surface area (Å²) in [5, 5.41) is 3.74. The average Bonchev–Trinajstić information content (AvgIpc) is 2.84. The highest BCUT2D eigenvalue weighted by Gasteiger charge is 2.14. The minimum atomic E-state index is -0.512. The minimum absolute atomic E-state index is 0.102. The SMILES string of the molecule is O=C(Nc1ccccc1F)c1cc2cc(Cl)ccc2o1. The second kappa shape index (κ2) is 4.98. The second-order valence-electron chi connectivity index (χ2n) is 4.23. The molecule has 1 aromatic heterocycles. The lowest BCUT2D eigenvalue weighted by atomic mass is 10.2. The monoisotopic (exact) mass is 289 g/mol. The first-order valence-electron chi connectivity index (χ1n) is 5.88. The van der Waals surface area contributed by atoms with Gasteiger partial charge in [-0.25, -0.2) is 4.39 Å². The summed E-state index contributed by atoms with van der Waals surface area (Å²) in [5.41, 5.74) is 0.657. The largest absolute Gasteiger partial charge is 0.451 e. The van der Waals surface area contributed by atoms with Gasteiger partial charge in [0.2, 0.25) is 0 Å². The molecule has 1 amide bonds. The van der Waals surface area contributed by atoms with Crippen LogP contribution in [0.3, 0.4) is 0 Å². The van der Waals surface area contributed by atoms with E-state index in [2.05, 4.69) is 5.32 Å². The number of anilines is 1. The molecule has 0 radical (unpaired) electrons. The zero-order valence-electron chi connectivity index (χ0n) is 10.2. The van der Waals surface area contributed by atoms with Crippen LogP contribution in [0, 0.1) is 5.82 Å². The van der Waals surface area contributed by atoms with Gasteiger partial charge in [-0.1, -0.05) is 23.7 Å².